The van der Waals surface area contributed by atoms with Crippen molar-refractivity contribution in [2.75, 3.05) is 5.88 Å². The Morgan fingerprint density at radius 1 is 1.40 bits per heavy atom. The van der Waals surface area contributed by atoms with Gasteiger partial charge in [0, 0.05) is 29.2 Å². The summed E-state index contributed by atoms with van der Waals surface area (Å²) < 4.78 is 0. The van der Waals surface area contributed by atoms with Gasteiger partial charge in [0.2, 0.25) is 0 Å². The molecule has 0 aliphatic rings. The SMILES string of the molecule is ClCCCc1csc(-c2cccnc2)n1. The minimum Gasteiger partial charge on any atom is -0.264 e. The summed E-state index contributed by atoms with van der Waals surface area (Å²) in [4.78, 5) is 8.62. The Kier molecular flexibility index (Phi) is 3.69. The number of pyridine rings is 1. The maximum atomic E-state index is 5.64. The van der Waals surface area contributed by atoms with E-state index in [-0.39, 0.29) is 0 Å². The quantitative estimate of drug-likeness (QED) is 0.764. The van der Waals surface area contributed by atoms with E-state index in [1.807, 2.05) is 18.3 Å². The fraction of sp³-hybridized carbons (Fsp3) is 0.273. The first kappa shape index (κ1) is 10.6. The molecule has 15 heavy (non-hydrogen) atoms. The first-order valence-corrected chi connectivity index (χ1v) is 6.22. The first-order valence-electron chi connectivity index (χ1n) is 4.81. The van der Waals surface area contributed by atoms with Crippen LogP contribution in [0.25, 0.3) is 10.6 Å². The van der Waals surface area contributed by atoms with Gasteiger partial charge in [0.15, 0.2) is 0 Å². The van der Waals surface area contributed by atoms with Gasteiger partial charge in [-0.25, -0.2) is 4.98 Å². The maximum absolute atomic E-state index is 5.64. The molecule has 2 nitrogen and oxygen atoms in total. The second-order valence-electron chi connectivity index (χ2n) is 3.18. The summed E-state index contributed by atoms with van der Waals surface area (Å²) >= 11 is 7.30. The topological polar surface area (TPSA) is 25.8 Å². The lowest BCUT2D eigenvalue weighted by Gasteiger charge is -1.93. The van der Waals surface area contributed by atoms with Crippen molar-refractivity contribution >= 4 is 22.9 Å². The normalized spacial score (nSPS) is 10.5. The van der Waals surface area contributed by atoms with E-state index in [0.29, 0.717) is 5.88 Å². The summed E-state index contributed by atoms with van der Waals surface area (Å²) in [6.07, 6.45) is 5.55. The minimum absolute atomic E-state index is 0.694. The Hall–Kier alpha value is -0.930. The van der Waals surface area contributed by atoms with Crippen LogP contribution in [0.15, 0.2) is 29.9 Å². The molecule has 0 fully saturated rings. The number of hydrogen-bond donors (Lipinski definition) is 0. The Bertz CT molecular complexity index is 414. The molecular formula is C11H11ClN2S. The Labute approximate surface area is 98.0 Å². The van der Waals surface area contributed by atoms with Crippen LogP contribution in [-0.4, -0.2) is 15.8 Å². The number of nitrogens with zero attached hydrogens (tertiary/aromatic N) is 2. The van der Waals surface area contributed by atoms with Crippen LogP contribution in [0, 0.1) is 0 Å². The zero-order valence-corrected chi connectivity index (χ0v) is 9.76. The number of halogens is 1. The molecule has 2 heterocycles. The lowest BCUT2D eigenvalue weighted by Crippen LogP contribution is -1.86. The molecule has 0 unspecified atom stereocenters. The Morgan fingerprint density at radius 2 is 2.33 bits per heavy atom. The van der Waals surface area contributed by atoms with Crippen LogP contribution >= 0.6 is 22.9 Å². The molecular weight excluding hydrogens is 228 g/mol. The predicted octanol–water partition coefficient (Wildman–Crippen LogP) is 3.38. The van der Waals surface area contributed by atoms with Gasteiger partial charge in [-0.05, 0) is 25.0 Å². The van der Waals surface area contributed by atoms with Crippen LogP contribution in [0.2, 0.25) is 0 Å². The Balaban J connectivity index is 2.14. The second kappa shape index (κ2) is 5.24. The van der Waals surface area contributed by atoms with Crippen molar-refractivity contribution in [3.05, 3.63) is 35.6 Å². The molecule has 0 N–H and O–H groups in total. The van der Waals surface area contributed by atoms with E-state index in [9.17, 15) is 0 Å². The molecule has 0 aromatic carbocycles. The van der Waals surface area contributed by atoms with Gasteiger partial charge in [-0.15, -0.1) is 22.9 Å². The first-order chi connectivity index (χ1) is 7.40. The number of aromatic nitrogens is 2. The van der Waals surface area contributed by atoms with Crippen molar-refractivity contribution in [2.24, 2.45) is 0 Å². The average Bonchev–Trinajstić information content (AvgIpc) is 2.76. The van der Waals surface area contributed by atoms with Gasteiger partial charge in [-0.2, -0.15) is 0 Å². The van der Waals surface area contributed by atoms with Crippen molar-refractivity contribution in [1.82, 2.24) is 9.97 Å². The summed E-state index contributed by atoms with van der Waals surface area (Å²) in [5, 5.41) is 3.13. The lowest BCUT2D eigenvalue weighted by molar-refractivity contribution is 0.899. The standard InChI is InChI=1S/C11H11ClN2S/c12-5-1-4-10-8-15-11(14-10)9-3-2-6-13-7-9/h2-3,6-8H,1,4-5H2. The molecule has 4 heteroatoms. The van der Waals surface area contributed by atoms with E-state index in [2.05, 4.69) is 15.3 Å². The van der Waals surface area contributed by atoms with E-state index in [1.165, 1.54) is 0 Å². The average molecular weight is 239 g/mol. The minimum atomic E-state index is 0.694. The van der Waals surface area contributed by atoms with Gasteiger partial charge < -0.3 is 0 Å². The monoisotopic (exact) mass is 238 g/mol. The molecule has 2 aromatic heterocycles. The lowest BCUT2D eigenvalue weighted by atomic mass is 10.3. The van der Waals surface area contributed by atoms with E-state index in [4.69, 9.17) is 11.6 Å². The highest BCUT2D eigenvalue weighted by molar-refractivity contribution is 7.13. The van der Waals surface area contributed by atoms with E-state index in [0.717, 1.165) is 29.1 Å². The zero-order valence-electron chi connectivity index (χ0n) is 8.19. The number of thiazole rings is 1. The van der Waals surface area contributed by atoms with Crippen molar-refractivity contribution in [2.45, 2.75) is 12.8 Å². The highest BCUT2D eigenvalue weighted by atomic mass is 35.5. The van der Waals surface area contributed by atoms with Gasteiger partial charge in [0.1, 0.15) is 5.01 Å². The largest absolute Gasteiger partial charge is 0.264 e. The number of rotatable bonds is 4. The van der Waals surface area contributed by atoms with Crippen LogP contribution in [0.5, 0.6) is 0 Å². The summed E-state index contributed by atoms with van der Waals surface area (Å²) in [5.74, 6) is 0.694. The molecule has 0 spiro atoms. The van der Waals surface area contributed by atoms with Gasteiger partial charge in [0.05, 0.1) is 5.69 Å². The summed E-state index contributed by atoms with van der Waals surface area (Å²) in [5.41, 5.74) is 2.21. The molecule has 0 aliphatic carbocycles. The third kappa shape index (κ3) is 2.76. The Morgan fingerprint density at radius 3 is 3.07 bits per heavy atom. The summed E-state index contributed by atoms with van der Waals surface area (Å²) in [6, 6.07) is 3.95. The molecule has 2 rings (SSSR count). The van der Waals surface area contributed by atoms with Crippen molar-refractivity contribution in [3.63, 3.8) is 0 Å². The van der Waals surface area contributed by atoms with Crippen LogP contribution < -0.4 is 0 Å². The molecule has 0 radical (unpaired) electrons. The molecule has 0 bridgehead atoms. The summed E-state index contributed by atoms with van der Waals surface area (Å²) in [6.45, 7) is 0. The molecule has 0 saturated heterocycles. The van der Waals surface area contributed by atoms with Crippen molar-refractivity contribution in [1.29, 1.82) is 0 Å². The molecule has 0 amide bonds. The number of aryl methyl sites for hydroxylation is 1. The van der Waals surface area contributed by atoms with Gasteiger partial charge >= 0.3 is 0 Å². The van der Waals surface area contributed by atoms with Crippen molar-refractivity contribution < 1.29 is 0 Å². The summed E-state index contributed by atoms with van der Waals surface area (Å²) in [7, 11) is 0. The van der Waals surface area contributed by atoms with Crippen LogP contribution in [0.1, 0.15) is 12.1 Å². The molecule has 78 valence electrons. The molecule has 0 saturated carbocycles. The predicted molar refractivity (Wildman–Crippen MR) is 64.4 cm³/mol. The van der Waals surface area contributed by atoms with E-state index in [1.54, 1.807) is 17.5 Å². The fourth-order valence-corrected chi connectivity index (χ4v) is 2.27. The number of hydrogen-bond acceptors (Lipinski definition) is 3. The molecule has 2 aromatic rings. The van der Waals surface area contributed by atoms with Gasteiger partial charge in [0.25, 0.3) is 0 Å². The fourth-order valence-electron chi connectivity index (χ4n) is 1.29. The highest BCUT2D eigenvalue weighted by Gasteiger charge is 2.03. The zero-order chi connectivity index (χ0) is 10.5. The van der Waals surface area contributed by atoms with E-state index < -0.39 is 0 Å². The maximum Gasteiger partial charge on any atom is 0.125 e. The smallest absolute Gasteiger partial charge is 0.125 e. The highest BCUT2D eigenvalue weighted by Crippen LogP contribution is 2.23. The van der Waals surface area contributed by atoms with Crippen LogP contribution in [-0.2, 0) is 6.42 Å². The third-order valence-electron chi connectivity index (χ3n) is 2.03. The second-order valence-corrected chi connectivity index (χ2v) is 4.41. The van der Waals surface area contributed by atoms with Gasteiger partial charge in [-0.3, -0.25) is 4.98 Å². The van der Waals surface area contributed by atoms with Crippen LogP contribution in [0.4, 0.5) is 0 Å². The van der Waals surface area contributed by atoms with Crippen LogP contribution in [0.3, 0.4) is 0 Å². The number of alkyl halides is 1. The van der Waals surface area contributed by atoms with E-state index >= 15 is 0 Å². The van der Waals surface area contributed by atoms with Crippen molar-refractivity contribution in [3.8, 4) is 10.6 Å². The molecule has 0 aliphatic heterocycles. The third-order valence-corrected chi connectivity index (χ3v) is 3.23. The molecule has 0 atom stereocenters. The van der Waals surface area contributed by atoms with Gasteiger partial charge in [-0.1, -0.05) is 0 Å².